The van der Waals surface area contributed by atoms with Gasteiger partial charge in [-0.05, 0) is 30.9 Å². The minimum atomic E-state index is -0.488. The number of anilines is 1. The van der Waals surface area contributed by atoms with Crippen molar-refractivity contribution in [1.82, 2.24) is 0 Å². The highest BCUT2D eigenvalue weighted by Gasteiger charge is 2.28. The van der Waals surface area contributed by atoms with Crippen molar-refractivity contribution in [3.05, 3.63) is 29.6 Å². The fraction of sp³-hybridized carbons (Fsp3) is 0.462. The lowest BCUT2D eigenvalue weighted by Gasteiger charge is -2.35. The van der Waals surface area contributed by atoms with Gasteiger partial charge in [-0.2, -0.15) is 0 Å². The Kier molecular flexibility index (Phi) is 3.43. The Morgan fingerprint density at radius 3 is 2.82 bits per heavy atom. The number of aliphatic hydroxyl groups excluding tert-OH is 1. The van der Waals surface area contributed by atoms with E-state index in [2.05, 4.69) is 0 Å². The first-order chi connectivity index (χ1) is 8.11. The van der Waals surface area contributed by atoms with Crippen LogP contribution in [0.15, 0.2) is 18.2 Å². The summed E-state index contributed by atoms with van der Waals surface area (Å²) in [5, 5.41) is 9.21. The highest BCUT2D eigenvalue weighted by Crippen LogP contribution is 2.30. The molecular weight excluding hydrogens is 221 g/mol. The number of benzene rings is 1. The third-order valence-corrected chi connectivity index (χ3v) is 3.30. The molecule has 0 aliphatic heterocycles. The van der Waals surface area contributed by atoms with E-state index in [0.29, 0.717) is 17.9 Å². The zero-order chi connectivity index (χ0) is 12.4. The lowest BCUT2D eigenvalue weighted by atomic mass is 9.82. The van der Waals surface area contributed by atoms with Crippen LogP contribution in [0.4, 0.5) is 10.1 Å². The van der Waals surface area contributed by atoms with Crippen LogP contribution in [0.2, 0.25) is 0 Å². The summed E-state index contributed by atoms with van der Waals surface area (Å²) < 4.78 is 13.4. The third-order valence-electron chi connectivity index (χ3n) is 3.30. The van der Waals surface area contributed by atoms with E-state index in [1.165, 1.54) is 6.07 Å². The molecule has 1 saturated carbocycles. The van der Waals surface area contributed by atoms with Gasteiger partial charge in [-0.15, -0.1) is 0 Å². The maximum Gasteiger partial charge on any atom is 0.155 e. The van der Waals surface area contributed by atoms with Gasteiger partial charge < -0.3 is 10.0 Å². The summed E-state index contributed by atoms with van der Waals surface area (Å²) in [5.41, 5.74) is 0.719. The Morgan fingerprint density at radius 1 is 1.53 bits per heavy atom. The second-order valence-corrected chi connectivity index (χ2v) is 4.66. The quantitative estimate of drug-likeness (QED) is 0.812. The van der Waals surface area contributed by atoms with Crippen LogP contribution in [-0.2, 0) is 0 Å². The topological polar surface area (TPSA) is 40.5 Å². The molecule has 17 heavy (non-hydrogen) atoms. The molecule has 2 rings (SSSR count). The van der Waals surface area contributed by atoms with Crippen molar-refractivity contribution in [2.24, 2.45) is 5.92 Å². The largest absolute Gasteiger partial charge is 0.393 e. The molecule has 1 aromatic carbocycles. The normalized spacial score (nSPS) is 23.0. The Hall–Kier alpha value is -1.42. The first kappa shape index (κ1) is 12.0. The van der Waals surface area contributed by atoms with Gasteiger partial charge in [0.1, 0.15) is 5.82 Å². The first-order valence-electron chi connectivity index (χ1n) is 5.74. The van der Waals surface area contributed by atoms with E-state index in [1.807, 2.05) is 11.9 Å². The number of carbonyl (C=O) groups is 1. The molecule has 92 valence electrons. The molecule has 0 saturated heterocycles. The monoisotopic (exact) mass is 237 g/mol. The molecule has 3 nitrogen and oxygen atoms in total. The Morgan fingerprint density at radius 2 is 2.24 bits per heavy atom. The van der Waals surface area contributed by atoms with Gasteiger partial charge in [-0.3, -0.25) is 4.79 Å². The van der Waals surface area contributed by atoms with Crippen LogP contribution in [0.3, 0.4) is 0 Å². The molecule has 1 aromatic rings. The minimum Gasteiger partial charge on any atom is -0.393 e. The van der Waals surface area contributed by atoms with Crippen molar-refractivity contribution in [1.29, 1.82) is 0 Å². The predicted octanol–water partition coefficient (Wildman–Crippen LogP) is 1.85. The van der Waals surface area contributed by atoms with Crippen LogP contribution in [0.1, 0.15) is 23.2 Å². The second-order valence-electron chi connectivity index (χ2n) is 4.66. The minimum absolute atomic E-state index is 0.106. The number of aldehydes is 1. The maximum atomic E-state index is 13.4. The lowest BCUT2D eigenvalue weighted by Crippen LogP contribution is -2.37. The molecule has 0 spiro atoms. The third kappa shape index (κ3) is 2.47. The zero-order valence-corrected chi connectivity index (χ0v) is 9.77. The number of hydrogen-bond donors (Lipinski definition) is 1. The first-order valence-corrected chi connectivity index (χ1v) is 5.74. The fourth-order valence-corrected chi connectivity index (χ4v) is 2.31. The van der Waals surface area contributed by atoms with E-state index in [4.69, 9.17) is 0 Å². The van der Waals surface area contributed by atoms with Crippen molar-refractivity contribution in [2.45, 2.75) is 18.9 Å². The van der Waals surface area contributed by atoms with Gasteiger partial charge in [0, 0.05) is 19.3 Å². The highest BCUT2D eigenvalue weighted by molar-refractivity contribution is 5.84. The van der Waals surface area contributed by atoms with E-state index in [1.54, 1.807) is 12.1 Å². The van der Waals surface area contributed by atoms with E-state index >= 15 is 0 Å². The molecule has 0 heterocycles. The maximum absolute atomic E-state index is 13.4. The molecule has 0 bridgehead atoms. The van der Waals surface area contributed by atoms with Crippen molar-refractivity contribution < 1.29 is 14.3 Å². The number of carbonyl (C=O) groups excluding carboxylic acids is 1. The summed E-state index contributed by atoms with van der Waals surface area (Å²) in [6, 6.07) is 4.62. The number of nitrogens with zero attached hydrogens (tertiary/aromatic N) is 1. The van der Waals surface area contributed by atoms with Gasteiger partial charge in [-0.25, -0.2) is 4.39 Å². The van der Waals surface area contributed by atoms with Gasteiger partial charge in [-0.1, -0.05) is 6.07 Å². The van der Waals surface area contributed by atoms with Crippen molar-refractivity contribution in [2.75, 3.05) is 18.5 Å². The molecular formula is C13H16FNO2. The lowest BCUT2D eigenvalue weighted by molar-refractivity contribution is 0.0464. The van der Waals surface area contributed by atoms with Crippen LogP contribution in [0, 0.1) is 11.7 Å². The predicted molar refractivity (Wildman–Crippen MR) is 63.8 cm³/mol. The van der Waals surface area contributed by atoms with Crippen LogP contribution in [0.5, 0.6) is 0 Å². The SMILES string of the molecule is CN(CC1CC(O)C1)c1cccc(F)c1C=O. The van der Waals surface area contributed by atoms with Crippen molar-refractivity contribution in [3.63, 3.8) is 0 Å². The number of aliphatic hydroxyl groups is 1. The van der Waals surface area contributed by atoms with E-state index in [-0.39, 0.29) is 11.7 Å². The molecule has 0 aromatic heterocycles. The Labute approximate surface area is 99.9 Å². The van der Waals surface area contributed by atoms with Gasteiger partial charge in [0.2, 0.25) is 0 Å². The summed E-state index contributed by atoms with van der Waals surface area (Å²) in [7, 11) is 1.84. The van der Waals surface area contributed by atoms with E-state index in [9.17, 15) is 14.3 Å². The Bertz CT molecular complexity index is 416. The second kappa shape index (κ2) is 4.84. The molecule has 1 fully saturated rings. The number of hydrogen-bond acceptors (Lipinski definition) is 3. The van der Waals surface area contributed by atoms with E-state index in [0.717, 1.165) is 19.4 Å². The average Bonchev–Trinajstić information content (AvgIpc) is 2.26. The summed E-state index contributed by atoms with van der Waals surface area (Å²) in [4.78, 5) is 12.7. The molecule has 1 aliphatic rings. The summed E-state index contributed by atoms with van der Waals surface area (Å²) in [6.45, 7) is 0.737. The number of halogens is 1. The smallest absolute Gasteiger partial charge is 0.155 e. The summed E-state index contributed by atoms with van der Waals surface area (Å²) >= 11 is 0. The van der Waals surface area contributed by atoms with Gasteiger partial charge >= 0.3 is 0 Å². The van der Waals surface area contributed by atoms with Crippen LogP contribution < -0.4 is 4.90 Å². The molecule has 1 N–H and O–H groups in total. The molecule has 4 heteroatoms. The average molecular weight is 237 g/mol. The highest BCUT2D eigenvalue weighted by atomic mass is 19.1. The van der Waals surface area contributed by atoms with Crippen LogP contribution in [0.25, 0.3) is 0 Å². The van der Waals surface area contributed by atoms with Crippen molar-refractivity contribution >= 4 is 12.0 Å². The van der Waals surface area contributed by atoms with E-state index < -0.39 is 5.82 Å². The van der Waals surface area contributed by atoms with Crippen molar-refractivity contribution in [3.8, 4) is 0 Å². The molecule has 1 aliphatic carbocycles. The number of rotatable bonds is 4. The van der Waals surface area contributed by atoms with Crippen LogP contribution >= 0.6 is 0 Å². The zero-order valence-electron chi connectivity index (χ0n) is 9.77. The molecule has 0 amide bonds. The van der Waals surface area contributed by atoms with Gasteiger partial charge in [0.15, 0.2) is 6.29 Å². The molecule has 0 atom stereocenters. The molecule has 0 radical (unpaired) electrons. The van der Waals surface area contributed by atoms with Gasteiger partial charge in [0.25, 0.3) is 0 Å². The fourth-order valence-electron chi connectivity index (χ4n) is 2.31. The summed E-state index contributed by atoms with van der Waals surface area (Å²) in [6.07, 6.45) is 1.94. The van der Waals surface area contributed by atoms with Crippen LogP contribution in [-0.4, -0.2) is 31.1 Å². The van der Waals surface area contributed by atoms with Gasteiger partial charge in [0.05, 0.1) is 11.7 Å². The Balaban J connectivity index is 2.10. The summed E-state index contributed by atoms with van der Waals surface area (Å²) in [5.74, 6) is -0.0595. The standard InChI is InChI=1S/C13H16FNO2/c1-15(7-9-5-10(17)6-9)13-4-2-3-12(14)11(13)8-16/h2-4,8-10,17H,5-7H2,1H3. The molecule has 0 unspecified atom stereocenters.